The van der Waals surface area contributed by atoms with Crippen LogP contribution in [0.25, 0.3) is 0 Å². The van der Waals surface area contributed by atoms with Crippen molar-refractivity contribution >= 4 is 23.0 Å². The lowest BCUT2D eigenvalue weighted by atomic mass is 10.1. The maximum atomic E-state index is 5.15. The molecule has 0 aliphatic carbocycles. The minimum Gasteiger partial charge on any atom is -0.360 e. The summed E-state index contributed by atoms with van der Waals surface area (Å²) >= 11 is 5.15. The van der Waals surface area contributed by atoms with Gasteiger partial charge in [0.25, 0.3) is 0 Å². The first-order chi connectivity index (χ1) is 7.11. The van der Waals surface area contributed by atoms with E-state index >= 15 is 0 Å². The number of anilines is 1. The standard InChI is InChI=1S/C12H18N2S/c1-4-10-5-7-11(8-6-10)14-12(15)13-9(2)3/h5-9H,4H2,1-3H3,(H2,13,14,15). The second kappa shape index (κ2) is 5.71. The van der Waals surface area contributed by atoms with Crippen molar-refractivity contribution in [1.29, 1.82) is 0 Å². The van der Waals surface area contributed by atoms with E-state index in [1.165, 1.54) is 5.56 Å². The summed E-state index contributed by atoms with van der Waals surface area (Å²) in [6.07, 6.45) is 1.06. The molecule has 0 unspecified atom stereocenters. The van der Waals surface area contributed by atoms with Crippen molar-refractivity contribution in [3.05, 3.63) is 29.8 Å². The van der Waals surface area contributed by atoms with E-state index in [0.717, 1.165) is 12.1 Å². The lowest BCUT2D eigenvalue weighted by molar-refractivity contribution is 0.739. The Kier molecular flexibility index (Phi) is 4.56. The third kappa shape index (κ3) is 4.30. The van der Waals surface area contributed by atoms with Crippen molar-refractivity contribution in [3.8, 4) is 0 Å². The van der Waals surface area contributed by atoms with Crippen LogP contribution in [0.2, 0.25) is 0 Å². The zero-order chi connectivity index (χ0) is 11.3. The summed E-state index contributed by atoms with van der Waals surface area (Å²) in [7, 11) is 0. The minimum absolute atomic E-state index is 0.361. The van der Waals surface area contributed by atoms with Crippen LogP contribution in [-0.4, -0.2) is 11.2 Å². The highest BCUT2D eigenvalue weighted by Crippen LogP contribution is 2.09. The van der Waals surface area contributed by atoms with E-state index < -0.39 is 0 Å². The van der Waals surface area contributed by atoms with Gasteiger partial charge in [-0.1, -0.05) is 19.1 Å². The van der Waals surface area contributed by atoms with E-state index in [-0.39, 0.29) is 0 Å². The fraction of sp³-hybridized carbons (Fsp3) is 0.417. The molecule has 0 amide bonds. The van der Waals surface area contributed by atoms with Gasteiger partial charge in [-0.2, -0.15) is 0 Å². The van der Waals surface area contributed by atoms with Crippen molar-refractivity contribution in [2.45, 2.75) is 33.2 Å². The van der Waals surface area contributed by atoms with Crippen molar-refractivity contribution in [2.75, 3.05) is 5.32 Å². The van der Waals surface area contributed by atoms with E-state index in [1.807, 2.05) is 12.1 Å². The van der Waals surface area contributed by atoms with Gasteiger partial charge in [-0.15, -0.1) is 0 Å². The summed E-state index contributed by atoms with van der Waals surface area (Å²) in [4.78, 5) is 0. The Labute approximate surface area is 97.1 Å². The van der Waals surface area contributed by atoms with Crippen LogP contribution in [0, 0.1) is 0 Å². The molecule has 3 heteroatoms. The Balaban J connectivity index is 2.53. The lowest BCUT2D eigenvalue weighted by Gasteiger charge is -2.13. The van der Waals surface area contributed by atoms with Crippen LogP contribution in [0.4, 0.5) is 5.69 Å². The van der Waals surface area contributed by atoms with Gasteiger partial charge in [-0.3, -0.25) is 0 Å². The topological polar surface area (TPSA) is 24.1 Å². The molecule has 0 saturated carbocycles. The highest BCUT2D eigenvalue weighted by atomic mass is 32.1. The quantitative estimate of drug-likeness (QED) is 0.769. The predicted molar refractivity (Wildman–Crippen MR) is 70.3 cm³/mol. The van der Waals surface area contributed by atoms with E-state index in [1.54, 1.807) is 0 Å². The van der Waals surface area contributed by atoms with Crippen molar-refractivity contribution in [3.63, 3.8) is 0 Å². The Hall–Kier alpha value is -1.09. The average molecular weight is 222 g/mol. The van der Waals surface area contributed by atoms with Crippen LogP contribution >= 0.6 is 12.2 Å². The third-order valence-corrected chi connectivity index (χ3v) is 2.26. The number of thiocarbonyl (C=S) groups is 1. The molecule has 0 atom stereocenters. The van der Waals surface area contributed by atoms with E-state index in [9.17, 15) is 0 Å². The molecule has 0 heterocycles. The number of aryl methyl sites for hydroxylation is 1. The normalized spacial score (nSPS) is 10.1. The van der Waals surface area contributed by atoms with Crippen molar-refractivity contribution in [1.82, 2.24) is 5.32 Å². The van der Waals surface area contributed by atoms with Crippen molar-refractivity contribution < 1.29 is 0 Å². The maximum Gasteiger partial charge on any atom is 0.170 e. The summed E-state index contributed by atoms with van der Waals surface area (Å²) in [6.45, 7) is 6.27. The maximum absolute atomic E-state index is 5.15. The summed E-state index contributed by atoms with van der Waals surface area (Å²) in [5.74, 6) is 0. The molecule has 2 nitrogen and oxygen atoms in total. The smallest absolute Gasteiger partial charge is 0.170 e. The first kappa shape index (κ1) is 12.0. The number of hydrogen-bond donors (Lipinski definition) is 2. The number of hydrogen-bond acceptors (Lipinski definition) is 1. The van der Waals surface area contributed by atoms with Crippen LogP contribution in [-0.2, 0) is 6.42 Å². The summed E-state index contributed by atoms with van der Waals surface area (Å²) < 4.78 is 0. The molecule has 0 spiro atoms. The highest BCUT2D eigenvalue weighted by Gasteiger charge is 1.98. The molecule has 0 aliphatic rings. The first-order valence-electron chi connectivity index (χ1n) is 5.28. The molecule has 1 aromatic carbocycles. The number of rotatable bonds is 3. The number of benzene rings is 1. The molecule has 0 fully saturated rings. The zero-order valence-electron chi connectivity index (χ0n) is 9.50. The molecular formula is C12H18N2S. The third-order valence-electron chi connectivity index (χ3n) is 2.04. The highest BCUT2D eigenvalue weighted by molar-refractivity contribution is 7.80. The second-order valence-electron chi connectivity index (χ2n) is 3.80. The Morgan fingerprint density at radius 1 is 1.27 bits per heavy atom. The largest absolute Gasteiger partial charge is 0.360 e. The van der Waals surface area contributed by atoms with Gasteiger partial charge in [0.2, 0.25) is 0 Å². The van der Waals surface area contributed by atoms with E-state index in [0.29, 0.717) is 11.2 Å². The fourth-order valence-corrected chi connectivity index (χ4v) is 1.61. The fourth-order valence-electron chi connectivity index (χ4n) is 1.25. The molecule has 82 valence electrons. The Morgan fingerprint density at radius 3 is 2.33 bits per heavy atom. The minimum atomic E-state index is 0.361. The SMILES string of the molecule is CCc1ccc(NC(=S)NC(C)C)cc1. The predicted octanol–water partition coefficient (Wildman–Crippen LogP) is 2.94. The molecule has 0 aliphatic heterocycles. The summed E-state index contributed by atoms with van der Waals surface area (Å²) in [6, 6.07) is 8.68. The van der Waals surface area contributed by atoms with Gasteiger partial charge < -0.3 is 10.6 Å². The van der Waals surface area contributed by atoms with Gasteiger partial charge in [-0.25, -0.2) is 0 Å². The second-order valence-corrected chi connectivity index (χ2v) is 4.21. The first-order valence-corrected chi connectivity index (χ1v) is 5.69. The van der Waals surface area contributed by atoms with E-state index in [2.05, 4.69) is 43.5 Å². The van der Waals surface area contributed by atoms with Gasteiger partial charge in [-0.05, 0) is 50.2 Å². The van der Waals surface area contributed by atoms with Crippen molar-refractivity contribution in [2.24, 2.45) is 0 Å². The summed E-state index contributed by atoms with van der Waals surface area (Å²) in [5.41, 5.74) is 2.37. The summed E-state index contributed by atoms with van der Waals surface area (Å²) in [5, 5.41) is 6.96. The van der Waals surface area contributed by atoms with Gasteiger partial charge in [0.05, 0.1) is 0 Å². The molecule has 0 radical (unpaired) electrons. The monoisotopic (exact) mass is 222 g/mol. The van der Waals surface area contributed by atoms with Gasteiger partial charge in [0, 0.05) is 11.7 Å². The molecule has 0 aromatic heterocycles. The van der Waals surface area contributed by atoms with Gasteiger partial charge in [0.15, 0.2) is 5.11 Å². The molecule has 2 N–H and O–H groups in total. The molecule has 0 bridgehead atoms. The van der Waals surface area contributed by atoms with E-state index in [4.69, 9.17) is 12.2 Å². The van der Waals surface area contributed by atoms with Gasteiger partial charge >= 0.3 is 0 Å². The molecule has 15 heavy (non-hydrogen) atoms. The van der Waals surface area contributed by atoms with Crippen LogP contribution in [0.3, 0.4) is 0 Å². The average Bonchev–Trinajstić information content (AvgIpc) is 2.17. The molecule has 1 aromatic rings. The van der Waals surface area contributed by atoms with Crippen LogP contribution in [0.15, 0.2) is 24.3 Å². The molecule has 1 rings (SSSR count). The van der Waals surface area contributed by atoms with Crippen LogP contribution < -0.4 is 10.6 Å². The molecular weight excluding hydrogens is 204 g/mol. The molecule has 0 saturated heterocycles. The Morgan fingerprint density at radius 2 is 1.87 bits per heavy atom. The van der Waals surface area contributed by atoms with Crippen LogP contribution in [0.1, 0.15) is 26.3 Å². The van der Waals surface area contributed by atoms with Crippen LogP contribution in [0.5, 0.6) is 0 Å². The Bertz CT molecular complexity index is 317. The zero-order valence-corrected chi connectivity index (χ0v) is 10.3. The lowest BCUT2D eigenvalue weighted by Crippen LogP contribution is -2.33. The number of nitrogens with one attached hydrogen (secondary N) is 2. The van der Waals surface area contributed by atoms with Gasteiger partial charge in [0.1, 0.15) is 0 Å².